The molecular weight excluding hydrogens is 496 g/mol. The van der Waals surface area contributed by atoms with E-state index >= 15 is 0 Å². The van der Waals surface area contributed by atoms with Gasteiger partial charge in [0.15, 0.2) is 0 Å². The molecule has 3 heterocycles. The van der Waals surface area contributed by atoms with Gasteiger partial charge in [-0.2, -0.15) is 5.10 Å². The molecular formula is C28H40N6O3Si. The van der Waals surface area contributed by atoms with Crippen molar-refractivity contribution in [1.82, 2.24) is 19.7 Å². The van der Waals surface area contributed by atoms with Gasteiger partial charge in [0, 0.05) is 21.2 Å². The second-order valence-electron chi connectivity index (χ2n) is 11.8. The third-order valence-corrected chi connectivity index (χ3v) is 9.05. The fourth-order valence-corrected chi connectivity index (χ4v) is 5.60. The summed E-state index contributed by atoms with van der Waals surface area (Å²) in [5, 5.41) is 7.81. The van der Waals surface area contributed by atoms with Crippen LogP contribution in [0.25, 0.3) is 10.9 Å². The van der Waals surface area contributed by atoms with Crippen LogP contribution in [0.4, 0.5) is 11.5 Å². The van der Waals surface area contributed by atoms with E-state index in [2.05, 4.69) is 74.0 Å². The van der Waals surface area contributed by atoms with Crippen molar-refractivity contribution in [3.8, 4) is 0 Å². The van der Waals surface area contributed by atoms with Gasteiger partial charge in [-0.3, -0.25) is 9.59 Å². The lowest BCUT2D eigenvalue weighted by Gasteiger charge is -2.38. The normalized spacial score (nSPS) is 18.1. The minimum Gasteiger partial charge on any atom is -0.383 e. The van der Waals surface area contributed by atoms with Crippen LogP contribution in [-0.4, -0.2) is 52.7 Å². The molecule has 38 heavy (non-hydrogen) atoms. The van der Waals surface area contributed by atoms with E-state index in [-0.39, 0.29) is 12.8 Å². The molecule has 0 bridgehead atoms. The molecule has 0 spiro atoms. The SMILES string of the molecule is Cc1ccc(C2CCC(C)CN2C(=O)C(=O)Nc2cnc(N)c3cnn(COCC[Si](C)(C)C)c23)cc1C. The maximum Gasteiger partial charge on any atom is 0.314 e. The zero-order valence-electron chi connectivity index (χ0n) is 23.4. The third kappa shape index (κ3) is 6.24. The summed E-state index contributed by atoms with van der Waals surface area (Å²) in [6, 6.07) is 7.16. The number of hydrogen-bond acceptors (Lipinski definition) is 6. The Labute approximate surface area is 225 Å². The number of ether oxygens (including phenoxy) is 1. The number of amides is 2. The predicted octanol–water partition coefficient (Wildman–Crippen LogP) is 4.88. The molecule has 204 valence electrons. The van der Waals surface area contributed by atoms with Crippen LogP contribution in [0.3, 0.4) is 0 Å². The predicted molar refractivity (Wildman–Crippen MR) is 153 cm³/mol. The number of nitrogens with two attached hydrogens (primary N) is 1. The van der Waals surface area contributed by atoms with Crippen molar-refractivity contribution in [3.05, 3.63) is 47.3 Å². The first-order valence-electron chi connectivity index (χ1n) is 13.3. The van der Waals surface area contributed by atoms with E-state index in [1.165, 1.54) is 17.3 Å². The summed E-state index contributed by atoms with van der Waals surface area (Å²) in [7, 11) is -1.23. The Balaban J connectivity index is 1.55. The van der Waals surface area contributed by atoms with Crippen LogP contribution in [0.2, 0.25) is 25.7 Å². The van der Waals surface area contributed by atoms with E-state index in [0.29, 0.717) is 41.5 Å². The summed E-state index contributed by atoms with van der Waals surface area (Å²) in [5.74, 6) is -0.637. The number of pyridine rings is 1. The van der Waals surface area contributed by atoms with Crippen LogP contribution < -0.4 is 11.1 Å². The van der Waals surface area contributed by atoms with Gasteiger partial charge in [-0.05, 0) is 55.3 Å². The van der Waals surface area contributed by atoms with Gasteiger partial charge in [0.1, 0.15) is 12.5 Å². The highest BCUT2D eigenvalue weighted by atomic mass is 28.3. The molecule has 0 radical (unpaired) electrons. The molecule has 4 rings (SSSR count). The first-order chi connectivity index (χ1) is 17.9. The smallest absolute Gasteiger partial charge is 0.314 e. The summed E-state index contributed by atoms with van der Waals surface area (Å²) in [5.41, 5.74) is 10.5. The topological polar surface area (TPSA) is 115 Å². The van der Waals surface area contributed by atoms with Gasteiger partial charge < -0.3 is 20.7 Å². The Morgan fingerprint density at radius 2 is 1.92 bits per heavy atom. The van der Waals surface area contributed by atoms with Gasteiger partial charge in [-0.25, -0.2) is 9.67 Å². The number of aromatic nitrogens is 3. The average Bonchev–Trinajstić information content (AvgIpc) is 3.29. The van der Waals surface area contributed by atoms with E-state index in [1.807, 2.05) is 0 Å². The van der Waals surface area contributed by atoms with Gasteiger partial charge in [-0.1, -0.05) is 44.8 Å². The van der Waals surface area contributed by atoms with Crippen molar-refractivity contribution < 1.29 is 14.3 Å². The standard InChI is InChI=1S/C28H40N6O3Si/c1-18-7-10-24(21-9-8-19(2)20(3)13-21)33(16-18)28(36)27(35)32-23-15-30-26(29)22-14-31-34(25(22)23)17-37-11-12-38(4,5)6/h8-9,13-15,18,24H,7,10-12,16-17H2,1-6H3,(H2,29,30)(H,32,35). The van der Waals surface area contributed by atoms with Gasteiger partial charge in [-0.15, -0.1) is 0 Å². The number of piperidine rings is 1. The van der Waals surface area contributed by atoms with E-state index in [0.717, 1.165) is 24.4 Å². The molecule has 2 aromatic heterocycles. The Kier molecular flexibility index (Phi) is 8.22. The Bertz CT molecular complexity index is 1330. The first kappa shape index (κ1) is 27.8. The van der Waals surface area contributed by atoms with Crippen LogP contribution in [0.1, 0.15) is 42.5 Å². The van der Waals surface area contributed by atoms with Crippen molar-refractivity contribution in [2.24, 2.45) is 5.92 Å². The second-order valence-corrected chi connectivity index (χ2v) is 17.4. The Hall–Kier alpha value is -3.24. The summed E-state index contributed by atoms with van der Waals surface area (Å²) in [4.78, 5) is 32.8. The van der Waals surface area contributed by atoms with Gasteiger partial charge in [0.25, 0.3) is 0 Å². The summed E-state index contributed by atoms with van der Waals surface area (Å²) in [6.07, 6.45) is 4.90. The van der Waals surface area contributed by atoms with E-state index in [9.17, 15) is 9.59 Å². The highest BCUT2D eigenvalue weighted by Gasteiger charge is 2.34. The number of aryl methyl sites for hydroxylation is 2. The number of nitrogen functional groups attached to an aromatic ring is 1. The molecule has 1 aliphatic rings. The molecule has 0 aliphatic carbocycles. The zero-order valence-corrected chi connectivity index (χ0v) is 24.4. The van der Waals surface area contributed by atoms with E-state index < -0.39 is 19.9 Å². The lowest BCUT2D eigenvalue weighted by atomic mass is 9.88. The van der Waals surface area contributed by atoms with Crippen LogP contribution in [-0.2, 0) is 21.1 Å². The molecule has 3 N–H and O–H groups in total. The Morgan fingerprint density at radius 1 is 1.16 bits per heavy atom. The van der Waals surface area contributed by atoms with E-state index in [1.54, 1.807) is 15.8 Å². The van der Waals surface area contributed by atoms with Crippen molar-refractivity contribution in [1.29, 1.82) is 0 Å². The number of fused-ring (bicyclic) bond motifs is 1. The quantitative estimate of drug-likeness (QED) is 0.253. The molecule has 1 fully saturated rings. The van der Waals surface area contributed by atoms with Crippen molar-refractivity contribution >= 4 is 42.3 Å². The summed E-state index contributed by atoms with van der Waals surface area (Å²) < 4.78 is 7.53. The number of carbonyl (C=O) groups is 2. The molecule has 3 aromatic rings. The largest absolute Gasteiger partial charge is 0.383 e. The number of carbonyl (C=O) groups excluding carboxylic acids is 2. The van der Waals surface area contributed by atoms with Crippen molar-refractivity contribution in [2.45, 2.75) is 72.1 Å². The number of benzene rings is 1. The molecule has 1 aromatic carbocycles. The van der Waals surface area contributed by atoms with Gasteiger partial charge in [0.05, 0.1) is 35.0 Å². The fourth-order valence-electron chi connectivity index (χ4n) is 4.84. The summed E-state index contributed by atoms with van der Waals surface area (Å²) >= 11 is 0. The zero-order chi connectivity index (χ0) is 27.6. The van der Waals surface area contributed by atoms with Crippen LogP contribution >= 0.6 is 0 Å². The number of nitrogens with zero attached hydrogens (tertiary/aromatic N) is 4. The van der Waals surface area contributed by atoms with Crippen LogP contribution in [0.5, 0.6) is 0 Å². The second kappa shape index (κ2) is 11.2. The number of hydrogen-bond donors (Lipinski definition) is 2. The third-order valence-electron chi connectivity index (χ3n) is 7.35. The monoisotopic (exact) mass is 536 g/mol. The minimum atomic E-state index is -1.23. The fraction of sp³-hybridized carbons (Fsp3) is 0.500. The number of likely N-dealkylation sites (tertiary alicyclic amines) is 1. The van der Waals surface area contributed by atoms with Crippen molar-refractivity contribution in [3.63, 3.8) is 0 Å². The van der Waals surface area contributed by atoms with E-state index in [4.69, 9.17) is 10.5 Å². The molecule has 2 unspecified atom stereocenters. The number of anilines is 2. The van der Waals surface area contributed by atoms with Crippen LogP contribution in [0, 0.1) is 19.8 Å². The molecule has 1 aliphatic heterocycles. The highest BCUT2D eigenvalue weighted by Crippen LogP contribution is 2.34. The highest BCUT2D eigenvalue weighted by molar-refractivity contribution is 6.76. The molecule has 1 saturated heterocycles. The Morgan fingerprint density at radius 3 is 2.63 bits per heavy atom. The summed E-state index contributed by atoms with van der Waals surface area (Å²) in [6.45, 7) is 14.5. The van der Waals surface area contributed by atoms with Gasteiger partial charge in [0.2, 0.25) is 0 Å². The lowest BCUT2D eigenvalue weighted by molar-refractivity contribution is -0.146. The molecule has 9 nitrogen and oxygen atoms in total. The van der Waals surface area contributed by atoms with Crippen molar-refractivity contribution in [2.75, 3.05) is 24.2 Å². The van der Waals surface area contributed by atoms with Crippen LogP contribution in [0.15, 0.2) is 30.6 Å². The lowest BCUT2D eigenvalue weighted by Crippen LogP contribution is -2.46. The maximum absolute atomic E-state index is 13.5. The molecule has 10 heteroatoms. The average molecular weight is 537 g/mol. The number of nitrogens with one attached hydrogen (secondary N) is 1. The maximum atomic E-state index is 13.5. The first-order valence-corrected chi connectivity index (χ1v) is 17.0. The van der Waals surface area contributed by atoms with Gasteiger partial charge >= 0.3 is 11.8 Å². The minimum absolute atomic E-state index is 0.140. The molecule has 2 atom stereocenters. The molecule has 2 amide bonds. The molecule has 0 saturated carbocycles. The number of rotatable bonds is 7.